The van der Waals surface area contributed by atoms with Crippen molar-refractivity contribution in [3.05, 3.63) is 41.5 Å². The molecule has 1 unspecified atom stereocenters. The molecular weight excluding hydrogens is 329 g/mol. The number of carbonyl (C=O) groups excluding carboxylic acids is 1. The molecule has 0 spiro atoms. The quantitative estimate of drug-likeness (QED) is 0.660. The number of tetrazole rings is 1. The zero-order valence-corrected chi connectivity index (χ0v) is 13.9. The second kappa shape index (κ2) is 8.86. The molecule has 0 saturated carbocycles. The van der Waals surface area contributed by atoms with Crippen LogP contribution in [0.15, 0.2) is 24.3 Å². The Hall–Kier alpha value is -2.84. The molecule has 2 N–H and O–H groups in total. The summed E-state index contributed by atoms with van der Waals surface area (Å²) in [7, 11) is 0. The highest BCUT2D eigenvalue weighted by molar-refractivity contribution is 5.80. The molecule has 0 aliphatic heterocycles. The number of amides is 1. The standard InChI is InChI=1S/C16H20FN5O3/c1-11-19-20-21-22(11)14(10-12-5-4-6-13(17)9-12)16(25)18-8-3-2-7-15(23)24/h4-6,9,14H,2-3,7-8,10H2,1H3,(H,18,25)(H,23,24). The van der Waals surface area contributed by atoms with E-state index in [0.717, 1.165) is 0 Å². The molecule has 0 aliphatic carbocycles. The highest BCUT2D eigenvalue weighted by Crippen LogP contribution is 2.16. The van der Waals surface area contributed by atoms with Crippen LogP contribution in [0.4, 0.5) is 4.39 Å². The van der Waals surface area contributed by atoms with Crippen molar-refractivity contribution in [2.45, 2.75) is 38.6 Å². The Bertz CT molecular complexity index is 734. The molecule has 1 aromatic heterocycles. The highest BCUT2D eigenvalue weighted by atomic mass is 19.1. The molecule has 2 aromatic rings. The van der Waals surface area contributed by atoms with Crippen LogP contribution < -0.4 is 5.32 Å². The van der Waals surface area contributed by atoms with E-state index >= 15 is 0 Å². The van der Waals surface area contributed by atoms with Crippen LogP contribution in [-0.2, 0) is 16.0 Å². The van der Waals surface area contributed by atoms with Crippen LogP contribution in [-0.4, -0.2) is 43.7 Å². The molecule has 2 rings (SSSR count). The minimum absolute atomic E-state index is 0.0642. The second-order valence-electron chi connectivity index (χ2n) is 5.66. The molecule has 0 saturated heterocycles. The molecule has 9 heteroatoms. The number of halogens is 1. The number of aryl methyl sites for hydroxylation is 1. The van der Waals surface area contributed by atoms with Crippen molar-refractivity contribution < 1.29 is 19.1 Å². The van der Waals surface area contributed by atoms with E-state index in [2.05, 4.69) is 20.8 Å². The van der Waals surface area contributed by atoms with Crippen LogP contribution in [0.1, 0.15) is 36.7 Å². The normalized spacial score (nSPS) is 11.9. The third-order valence-electron chi connectivity index (χ3n) is 3.69. The van der Waals surface area contributed by atoms with Crippen molar-refractivity contribution in [3.63, 3.8) is 0 Å². The third-order valence-corrected chi connectivity index (χ3v) is 3.69. The molecule has 0 radical (unpaired) electrons. The average Bonchev–Trinajstić information content (AvgIpc) is 2.97. The number of aromatic nitrogens is 4. The maximum atomic E-state index is 13.4. The molecule has 1 aromatic carbocycles. The number of nitrogens with zero attached hydrogens (tertiary/aromatic N) is 4. The van der Waals surface area contributed by atoms with Crippen molar-refractivity contribution >= 4 is 11.9 Å². The van der Waals surface area contributed by atoms with E-state index in [4.69, 9.17) is 5.11 Å². The summed E-state index contributed by atoms with van der Waals surface area (Å²) in [5, 5.41) is 22.6. The van der Waals surface area contributed by atoms with Crippen LogP contribution in [0.3, 0.4) is 0 Å². The minimum Gasteiger partial charge on any atom is -0.481 e. The number of carbonyl (C=O) groups is 2. The molecular formula is C16H20FN5O3. The second-order valence-corrected chi connectivity index (χ2v) is 5.66. The van der Waals surface area contributed by atoms with Crippen molar-refractivity contribution in [3.8, 4) is 0 Å². The number of aliphatic carboxylic acids is 1. The molecule has 8 nitrogen and oxygen atoms in total. The lowest BCUT2D eigenvalue weighted by atomic mass is 10.0. The number of hydrogen-bond donors (Lipinski definition) is 2. The fourth-order valence-electron chi connectivity index (χ4n) is 2.43. The van der Waals surface area contributed by atoms with Gasteiger partial charge in [-0.3, -0.25) is 9.59 Å². The number of hydrogen-bond acceptors (Lipinski definition) is 5. The van der Waals surface area contributed by atoms with E-state index in [9.17, 15) is 14.0 Å². The van der Waals surface area contributed by atoms with Gasteiger partial charge >= 0.3 is 5.97 Å². The van der Waals surface area contributed by atoms with E-state index in [1.54, 1.807) is 19.1 Å². The van der Waals surface area contributed by atoms with Gasteiger partial charge < -0.3 is 10.4 Å². The number of nitrogens with one attached hydrogen (secondary N) is 1. The first-order chi connectivity index (χ1) is 12.0. The van der Waals surface area contributed by atoms with E-state index in [1.165, 1.54) is 16.8 Å². The molecule has 1 amide bonds. The van der Waals surface area contributed by atoms with Crippen molar-refractivity contribution in [2.24, 2.45) is 0 Å². The summed E-state index contributed by atoms with van der Waals surface area (Å²) < 4.78 is 14.8. The number of unbranched alkanes of at least 4 members (excludes halogenated alkanes) is 1. The van der Waals surface area contributed by atoms with Gasteiger partial charge in [0.1, 0.15) is 17.7 Å². The third kappa shape index (κ3) is 5.63. The Morgan fingerprint density at radius 2 is 2.16 bits per heavy atom. The fourth-order valence-corrected chi connectivity index (χ4v) is 2.43. The lowest BCUT2D eigenvalue weighted by Crippen LogP contribution is -2.35. The zero-order valence-electron chi connectivity index (χ0n) is 13.9. The van der Waals surface area contributed by atoms with Crippen LogP contribution in [0, 0.1) is 12.7 Å². The van der Waals surface area contributed by atoms with Gasteiger partial charge in [-0.25, -0.2) is 9.07 Å². The topological polar surface area (TPSA) is 110 Å². The van der Waals surface area contributed by atoms with E-state index in [1.807, 2.05) is 0 Å². The Balaban J connectivity index is 2.03. The van der Waals surface area contributed by atoms with Crippen LogP contribution in [0.5, 0.6) is 0 Å². The number of benzene rings is 1. The zero-order chi connectivity index (χ0) is 18.2. The Morgan fingerprint density at radius 3 is 2.80 bits per heavy atom. The monoisotopic (exact) mass is 349 g/mol. The Kier molecular flexibility index (Phi) is 6.55. The number of carboxylic acid groups (broad SMARTS) is 1. The van der Waals surface area contributed by atoms with E-state index in [0.29, 0.717) is 30.8 Å². The van der Waals surface area contributed by atoms with Gasteiger partial charge in [0.25, 0.3) is 0 Å². The van der Waals surface area contributed by atoms with Crippen LogP contribution >= 0.6 is 0 Å². The summed E-state index contributed by atoms with van der Waals surface area (Å²) in [6.07, 6.45) is 1.34. The summed E-state index contributed by atoms with van der Waals surface area (Å²) >= 11 is 0. The van der Waals surface area contributed by atoms with Gasteiger partial charge in [0.15, 0.2) is 0 Å². The van der Waals surface area contributed by atoms with E-state index < -0.39 is 12.0 Å². The van der Waals surface area contributed by atoms with Gasteiger partial charge in [-0.1, -0.05) is 12.1 Å². The fraction of sp³-hybridized carbons (Fsp3) is 0.438. The summed E-state index contributed by atoms with van der Waals surface area (Å²) in [6, 6.07) is 5.31. The summed E-state index contributed by atoms with van der Waals surface area (Å²) in [5.74, 6) is -1.06. The van der Waals surface area contributed by atoms with Gasteiger partial charge in [-0.2, -0.15) is 0 Å². The minimum atomic E-state index is -0.861. The number of carboxylic acids is 1. The largest absolute Gasteiger partial charge is 0.481 e. The molecule has 1 heterocycles. The van der Waals surface area contributed by atoms with E-state index in [-0.39, 0.29) is 24.6 Å². The van der Waals surface area contributed by atoms with Crippen LogP contribution in [0.2, 0.25) is 0 Å². The van der Waals surface area contributed by atoms with Gasteiger partial charge in [0.05, 0.1) is 0 Å². The summed E-state index contributed by atoms with van der Waals surface area (Å²) in [6.45, 7) is 2.03. The lowest BCUT2D eigenvalue weighted by molar-refractivity contribution is -0.137. The number of rotatable bonds is 9. The maximum Gasteiger partial charge on any atom is 0.303 e. The van der Waals surface area contributed by atoms with Crippen molar-refractivity contribution in [2.75, 3.05) is 6.54 Å². The van der Waals surface area contributed by atoms with Crippen LogP contribution in [0.25, 0.3) is 0 Å². The molecule has 134 valence electrons. The van der Waals surface area contributed by atoms with Crippen molar-refractivity contribution in [1.82, 2.24) is 25.5 Å². The van der Waals surface area contributed by atoms with Gasteiger partial charge in [-0.15, -0.1) is 5.10 Å². The van der Waals surface area contributed by atoms with Crippen molar-refractivity contribution in [1.29, 1.82) is 0 Å². The summed E-state index contributed by atoms with van der Waals surface area (Å²) in [4.78, 5) is 23.0. The maximum absolute atomic E-state index is 13.4. The molecule has 0 bridgehead atoms. The molecule has 25 heavy (non-hydrogen) atoms. The predicted molar refractivity (Wildman–Crippen MR) is 86.2 cm³/mol. The van der Waals surface area contributed by atoms with Gasteiger partial charge in [0, 0.05) is 19.4 Å². The first-order valence-electron chi connectivity index (χ1n) is 7.96. The molecule has 0 aliphatic rings. The first kappa shape index (κ1) is 18.5. The molecule has 0 fully saturated rings. The lowest BCUT2D eigenvalue weighted by Gasteiger charge is -2.17. The van der Waals surface area contributed by atoms with Gasteiger partial charge in [0.2, 0.25) is 5.91 Å². The Morgan fingerprint density at radius 1 is 1.36 bits per heavy atom. The molecule has 1 atom stereocenters. The summed E-state index contributed by atoms with van der Waals surface area (Å²) in [5.41, 5.74) is 0.654. The average molecular weight is 349 g/mol. The first-order valence-corrected chi connectivity index (χ1v) is 7.96. The highest BCUT2D eigenvalue weighted by Gasteiger charge is 2.24. The Labute approximate surface area is 144 Å². The predicted octanol–water partition coefficient (Wildman–Crippen LogP) is 1.28. The van der Waals surface area contributed by atoms with Gasteiger partial charge in [-0.05, 0) is 47.9 Å². The smallest absolute Gasteiger partial charge is 0.303 e. The SMILES string of the molecule is Cc1nnnn1C(Cc1cccc(F)c1)C(=O)NCCCCC(=O)O.